The van der Waals surface area contributed by atoms with Crippen LogP contribution < -0.4 is 10.6 Å². The summed E-state index contributed by atoms with van der Waals surface area (Å²) < 4.78 is 18.2. The van der Waals surface area contributed by atoms with Crippen LogP contribution in [0.25, 0.3) is 0 Å². The Balaban J connectivity index is 1.81. The summed E-state index contributed by atoms with van der Waals surface area (Å²) >= 11 is 11.3. The number of amides is 3. The van der Waals surface area contributed by atoms with Gasteiger partial charge in [-0.1, -0.05) is 43.0 Å². The maximum Gasteiger partial charge on any atom is 0.340 e. The Bertz CT molecular complexity index is 714. The standard InChI is InChI=1S/C17H19Cl2FN2O4/c1-9-4-2-3-5-14(9)21-17(25)22-15(23)8-26-16(24)10-6-13(20)12(19)7-11(10)18/h6-7,9,14H,2-5,8H2,1H3,(H2,21,22,23,25)/t9-,14+/m0/s1. The van der Waals surface area contributed by atoms with Crippen LogP contribution in [0.4, 0.5) is 9.18 Å². The van der Waals surface area contributed by atoms with Crippen molar-refractivity contribution in [2.75, 3.05) is 6.61 Å². The Hall–Kier alpha value is -1.86. The zero-order valence-corrected chi connectivity index (χ0v) is 15.6. The Morgan fingerprint density at radius 2 is 1.88 bits per heavy atom. The maximum atomic E-state index is 13.4. The predicted molar refractivity (Wildman–Crippen MR) is 94.8 cm³/mol. The number of benzene rings is 1. The van der Waals surface area contributed by atoms with Gasteiger partial charge >= 0.3 is 12.0 Å². The summed E-state index contributed by atoms with van der Waals surface area (Å²) in [5, 5.41) is 4.50. The first-order valence-electron chi connectivity index (χ1n) is 8.20. The smallest absolute Gasteiger partial charge is 0.340 e. The predicted octanol–water partition coefficient (Wildman–Crippen LogP) is 3.69. The van der Waals surface area contributed by atoms with E-state index in [9.17, 15) is 18.8 Å². The van der Waals surface area contributed by atoms with Crippen LogP contribution in [0, 0.1) is 11.7 Å². The minimum Gasteiger partial charge on any atom is -0.452 e. The number of hydrogen-bond acceptors (Lipinski definition) is 4. The third-order valence-corrected chi connectivity index (χ3v) is 4.85. The van der Waals surface area contributed by atoms with Crippen LogP contribution in [-0.4, -0.2) is 30.6 Å². The molecule has 3 amide bonds. The highest BCUT2D eigenvalue weighted by Crippen LogP contribution is 2.25. The summed E-state index contributed by atoms with van der Waals surface area (Å²) in [6, 6.07) is 1.26. The minimum absolute atomic E-state index is 0.00921. The van der Waals surface area contributed by atoms with E-state index in [1.807, 2.05) is 6.92 Å². The fourth-order valence-corrected chi connectivity index (χ4v) is 3.25. The Kier molecular flexibility index (Phi) is 7.23. The lowest BCUT2D eigenvalue weighted by atomic mass is 9.86. The number of hydrogen-bond donors (Lipinski definition) is 2. The van der Waals surface area contributed by atoms with Gasteiger partial charge in [-0.05, 0) is 30.9 Å². The van der Waals surface area contributed by atoms with Crippen molar-refractivity contribution >= 4 is 41.1 Å². The first-order valence-corrected chi connectivity index (χ1v) is 8.95. The van der Waals surface area contributed by atoms with Crippen LogP contribution in [0.5, 0.6) is 0 Å². The molecule has 9 heteroatoms. The van der Waals surface area contributed by atoms with E-state index in [2.05, 4.69) is 10.6 Å². The van der Waals surface area contributed by atoms with Gasteiger partial charge in [0.25, 0.3) is 5.91 Å². The summed E-state index contributed by atoms with van der Waals surface area (Å²) in [7, 11) is 0. The Morgan fingerprint density at radius 3 is 2.58 bits per heavy atom. The van der Waals surface area contributed by atoms with Crippen molar-refractivity contribution in [2.45, 2.75) is 38.6 Å². The summed E-state index contributed by atoms with van der Waals surface area (Å²) in [4.78, 5) is 35.5. The molecule has 0 heterocycles. The van der Waals surface area contributed by atoms with Gasteiger partial charge in [0.2, 0.25) is 0 Å². The first-order chi connectivity index (χ1) is 12.3. The second-order valence-electron chi connectivity index (χ2n) is 6.21. The molecule has 142 valence electrons. The molecule has 1 aliphatic rings. The molecule has 2 rings (SSSR count). The fraction of sp³-hybridized carbons (Fsp3) is 0.471. The van der Waals surface area contributed by atoms with E-state index < -0.39 is 30.3 Å². The number of urea groups is 1. The molecule has 26 heavy (non-hydrogen) atoms. The molecule has 1 fully saturated rings. The highest BCUT2D eigenvalue weighted by Gasteiger charge is 2.24. The zero-order valence-electron chi connectivity index (χ0n) is 14.1. The van der Waals surface area contributed by atoms with E-state index in [0.29, 0.717) is 5.92 Å². The van der Waals surface area contributed by atoms with E-state index in [1.54, 1.807) is 0 Å². The van der Waals surface area contributed by atoms with E-state index in [0.717, 1.165) is 37.8 Å². The number of halogens is 3. The van der Waals surface area contributed by atoms with Gasteiger partial charge in [-0.25, -0.2) is 14.0 Å². The molecule has 1 aliphatic carbocycles. The van der Waals surface area contributed by atoms with Crippen molar-refractivity contribution in [3.8, 4) is 0 Å². The lowest BCUT2D eigenvalue weighted by Crippen LogP contribution is -2.48. The lowest BCUT2D eigenvalue weighted by molar-refractivity contribution is -0.123. The summed E-state index contributed by atoms with van der Waals surface area (Å²) in [6.07, 6.45) is 4.04. The number of esters is 1. The van der Waals surface area contributed by atoms with E-state index >= 15 is 0 Å². The van der Waals surface area contributed by atoms with Crippen LogP contribution in [0.15, 0.2) is 12.1 Å². The number of carbonyl (C=O) groups is 3. The van der Waals surface area contributed by atoms with Gasteiger partial charge in [-0.2, -0.15) is 0 Å². The van der Waals surface area contributed by atoms with Crippen LogP contribution in [-0.2, 0) is 9.53 Å². The lowest BCUT2D eigenvalue weighted by Gasteiger charge is -2.29. The molecule has 0 radical (unpaired) electrons. The number of rotatable bonds is 4. The number of ether oxygens (including phenoxy) is 1. The minimum atomic E-state index is -0.998. The van der Waals surface area contributed by atoms with Crippen molar-refractivity contribution in [2.24, 2.45) is 5.92 Å². The highest BCUT2D eigenvalue weighted by atomic mass is 35.5. The van der Waals surface area contributed by atoms with Crippen molar-refractivity contribution in [3.63, 3.8) is 0 Å². The second-order valence-corrected chi connectivity index (χ2v) is 7.03. The van der Waals surface area contributed by atoms with Gasteiger partial charge in [0.15, 0.2) is 6.61 Å². The highest BCUT2D eigenvalue weighted by molar-refractivity contribution is 6.36. The van der Waals surface area contributed by atoms with Gasteiger partial charge < -0.3 is 10.1 Å². The summed E-state index contributed by atoms with van der Waals surface area (Å²) in [5.41, 5.74) is -0.262. The average Bonchev–Trinajstić information content (AvgIpc) is 2.58. The molecule has 2 N–H and O–H groups in total. The van der Waals surface area contributed by atoms with E-state index in [4.69, 9.17) is 27.9 Å². The monoisotopic (exact) mass is 404 g/mol. The number of nitrogens with one attached hydrogen (secondary N) is 2. The Morgan fingerprint density at radius 1 is 1.19 bits per heavy atom. The van der Waals surface area contributed by atoms with Gasteiger partial charge in [-0.3, -0.25) is 10.1 Å². The number of imide groups is 1. The van der Waals surface area contributed by atoms with Crippen LogP contribution in [0.3, 0.4) is 0 Å². The molecule has 0 unspecified atom stereocenters. The normalized spacial score (nSPS) is 19.5. The van der Waals surface area contributed by atoms with Crippen molar-refractivity contribution in [1.82, 2.24) is 10.6 Å². The molecule has 6 nitrogen and oxygen atoms in total. The molecular weight excluding hydrogens is 386 g/mol. The van der Waals surface area contributed by atoms with Crippen molar-refractivity contribution < 1.29 is 23.5 Å². The molecule has 1 aromatic carbocycles. The molecule has 0 saturated heterocycles. The van der Waals surface area contributed by atoms with Gasteiger partial charge in [-0.15, -0.1) is 0 Å². The average molecular weight is 405 g/mol. The van der Waals surface area contributed by atoms with Crippen LogP contribution >= 0.6 is 23.2 Å². The fourth-order valence-electron chi connectivity index (χ4n) is 2.79. The van der Waals surface area contributed by atoms with Crippen LogP contribution in [0.1, 0.15) is 43.0 Å². The summed E-state index contributed by atoms with van der Waals surface area (Å²) in [5.74, 6) is -2.30. The molecule has 2 atom stereocenters. The van der Waals surface area contributed by atoms with Crippen molar-refractivity contribution in [3.05, 3.63) is 33.6 Å². The van der Waals surface area contributed by atoms with Gasteiger partial charge in [0, 0.05) is 6.04 Å². The molecule has 0 aromatic heterocycles. The van der Waals surface area contributed by atoms with Crippen molar-refractivity contribution in [1.29, 1.82) is 0 Å². The Labute approximate surface area is 160 Å². The first kappa shape index (κ1) is 20.5. The third kappa shape index (κ3) is 5.57. The largest absolute Gasteiger partial charge is 0.452 e. The van der Waals surface area contributed by atoms with Gasteiger partial charge in [0.1, 0.15) is 5.82 Å². The quantitative estimate of drug-likeness (QED) is 0.591. The van der Waals surface area contributed by atoms with Crippen LogP contribution in [0.2, 0.25) is 10.0 Å². The third-order valence-electron chi connectivity index (χ3n) is 4.25. The molecule has 1 aromatic rings. The second kappa shape index (κ2) is 9.19. The topological polar surface area (TPSA) is 84.5 Å². The molecular formula is C17H19Cl2FN2O4. The van der Waals surface area contributed by atoms with E-state index in [-0.39, 0.29) is 21.7 Å². The molecule has 1 saturated carbocycles. The molecule has 0 aliphatic heterocycles. The molecule has 0 bridgehead atoms. The SMILES string of the molecule is C[C@H]1CCCC[C@H]1NC(=O)NC(=O)COC(=O)c1cc(F)c(Cl)cc1Cl. The number of carbonyl (C=O) groups excluding carboxylic acids is 3. The van der Waals surface area contributed by atoms with E-state index in [1.165, 1.54) is 0 Å². The summed E-state index contributed by atoms with van der Waals surface area (Å²) in [6.45, 7) is 1.34. The molecule has 0 spiro atoms. The zero-order chi connectivity index (χ0) is 19.3. The van der Waals surface area contributed by atoms with Gasteiger partial charge in [0.05, 0.1) is 15.6 Å². The maximum absolute atomic E-state index is 13.4.